The fraction of sp³-hybridized carbons (Fsp3) is 0.385. The fourth-order valence-electron chi connectivity index (χ4n) is 1.47. The van der Waals surface area contributed by atoms with Crippen LogP contribution in [-0.4, -0.2) is 31.6 Å². The van der Waals surface area contributed by atoms with Gasteiger partial charge < -0.3 is 14.8 Å². The van der Waals surface area contributed by atoms with Crippen LogP contribution in [0.5, 0.6) is 11.5 Å². The van der Waals surface area contributed by atoms with Gasteiger partial charge in [-0.15, -0.1) is 0 Å². The van der Waals surface area contributed by atoms with Gasteiger partial charge in [-0.2, -0.15) is 5.10 Å². The predicted octanol–water partition coefficient (Wildman–Crippen LogP) is 1.91. The number of benzene rings is 1. The summed E-state index contributed by atoms with van der Waals surface area (Å²) in [5.41, 5.74) is 3.55. The average Bonchev–Trinajstić information content (AvgIpc) is 2.37. The molecule has 0 spiro atoms. The second-order valence-electron chi connectivity index (χ2n) is 4.08. The summed E-state index contributed by atoms with van der Waals surface area (Å²) in [7, 11) is 3.19. The van der Waals surface area contributed by atoms with E-state index >= 15 is 0 Å². The fourth-order valence-corrected chi connectivity index (χ4v) is 1.76. The molecule has 0 atom stereocenters. The summed E-state index contributed by atoms with van der Waals surface area (Å²) in [6.45, 7) is 4.01. The van der Waals surface area contributed by atoms with E-state index in [9.17, 15) is 0 Å². The van der Waals surface area contributed by atoms with Crippen molar-refractivity contribution in [3.05, 3.63) is 23.8 Å². The summed E-state index contributed by atoms with van der Waals surface area (Å²) < 4.78 is 10.5. The van der Waals surface area contributed by atoms with Crippen LogP contribution in [0.2, 0.25) is 0 Å². The molecular weight excluding hydrogens is 262 g/mol. The summed E-state index contributed by atoms with van der Waals surface area (Å²) in [5, 5.41) is 7.57. The smallest absolute Gasteiger partial charge is 0.187 e. The first-order valence-electron chi connectivity index (χ1n) is 5.89. The normalized spacial score (nSPS) is 10.6. The number of methoxy groups -OCH3 is 2. The van der Waals surface area contributed by atoms with Gasteiger partial charge in [-0.1, -0.05) is 6.07 Å². The molecule has 0 aliphatic heterocycles. The first kappa shape index (κ1) is 15.2. The SMILES string of the molecule is COc1cccc(/C=N/NC(=S)NC(C)C)c1OC. The third-order valence-corrected chi connectivity index (χ3v) is 2.43. The summed E-state index contributed by atoms with van der Waals surface area (Å²) in [5.74, 6) is 1.30. The molecule has 19 heavy (non-hydrogen) atoms. The Morgan fingerprint density at radius 1 is 1.32 bits per heavy atom. The number of nitrogens with one attached hydrogen (secondary N) is 2. The monoisotopic (exact) mass is 281 g/mol. The van der Waals surface area contributed by atoms with E-state index in [2.05, 4.69) is 15.8 Å². The van der Waals surface area contributed by atoms with Crippen molar-refractivity contribution in [2.75, 3.05) is 14.2 Å². The molecule has 0 aliphatic carbocycles. The quantitative estimate of drug-likeness (QED) is 0.490. The van der Waals surface area contributed by atoms with E-state index in [1.165, 1.54) is 0 Å². The van der Waals surface area contributed by atoms with Gasteiger partial charge >= 0.3 is 0 Å². The lowest BCUT2D eigenvalue weighted by Gasteiger charge is -2.11. The van der Waals surface area contributed by atoms with E-state index in [0.29, 0.717) is 16.6 Å². The van der Waals surface area contributed by atoms with Gasteiger partial charge in [0.2, 0.25) is 0 Å². The highest BCUT2D eigenvalue weighted by Crippen LogP contribution is 2.29. The second-order valence-corrected chi connectivity index (χ2v) is 4.49. The molecule has 0 bridgehead atoms. The molecule has 0 unspecified atom stereocenters. The zero-order valence-corrected chi connectivity index (χ0v) is 12.4. The number of para-hydroxylation sites is 1. The molecule has 5 nitrogen and oxygen atoms in total. The number of rotatable bonds is 5. The van der Waals surface area contributed by atoms with Crippen LogP contribution in [0.15, 0.2) is 23.3 Å². The minimum atomic E-state index is 0.265. The van der Waals surface area contributed by atoms with Gasteiger partial charge in [-0.05, 0) is 38.2 Å². The molecule has 0 amide bonds. The summed E-state index contributed by atoms with van der Waals surface area (Å²) in [6.07, 6.45) is 1.63. The Morgan fingerprint density at radius 2 is 2.05 bits per heavy atom. The maximum Gasteiger partial charge on any atom is 0.187 e. The van der Waals surface area contributed by atoms with Crippen LogP contribution in [0.25, 0.3) is 0 Å². The van der Waals surface area contributed by atoms with E-state index in [1.54, 1.807) is 20.4 Å². The number of thiocarbonyl (C=S) groups is 1. The summed E-state index contributed by atoms with van der Waals surface area (Å²) in [6, 6.07) is 5.84. The lowest BCUT2D eigenvalue weighted by molar-refractivity contribution is 0.354. The van der Waals surface area contributed by atoms with Crippen LogP contribution in [0, 0.1) is 0 Å². The van der Waals surface area contributed by atoms with Crippen molar-refractivity contribution in [2.24, 2.45) is 5.10 Å². The van der Waals surface area contributed by atoms with Crippen molar-refractivity contribution in [3.63, 3.8) is 0 Å². The van der Waals surface area contributed by atoms with E-state index in [0.717, 1.165) is 5.56 Å². The zero-order valence-electron chi connectivity index (χ0n) is 11.6. The largest absolute Gasteiger partial charge is 0.493 e. The molecule has 2 N–H and O–H groups in total. The topological polar surface area (TPSA) is 54.9 Å². The van der Waals surface area contributed by atoms with Crippen molar-refractivity contribution in [1.29, 1.82) is 0 Å². The first-order chi connectivity index (χ1) is 9.08. The van der Waals surface area contributed by atoms with Gasteiger partial charge in [-0.3, -0.25) is 5.43 Å². The van der Waals surface area contributed by atoms with Gasteiger partial charge in [0.05, 0.1) is 20.4 Å². The van der Waals surface area contributed by atoms with Crippen molar-refractivity contribution >= 4 is 23.5 Å². The van der Waals surface area contributed by atoms with Crippen LogP contribution in [-0.2, 0) is 0 Å². The van der Waals surface area contributed by atoms with E-state index < -0.39 is 0 Å². The average molecular weight is 281 g/mol. The minimum Gasteiger partial charge on any atom is -0.493 e. The Labute approximate surface area is 119 Å². The summed E-state index contributed by atoms with van der Waals surface area (Å²) >= 11 is 5.06. The number of hydrogen-bond acceptors (Lipinski definition) is 4. The second kappa shape index (κ2) is 7.58. The van der Waals surface area contributed by atoms with Crippen LogP contribution in [0.3, 0.4) is 0 Å². The molecular formula is C13H19N3O2S. The third kappa shape index (κ3) is 4.75. The van der Waals surface area contributed by atoms with Crippen molar-refractivity contribution in [3.8, 4) is 11.5 Å². The van der Waals surface area contributed by atoms with E-state index in [4.69, 9.17) is 21.7 Å². The number of hydrogen-bond donors (Lipinski definition) is 2. The first-order valence-corrected chi connectivity index (χ1v) is 6.29. The molecule has 0 heterocycles. The highest BCUT2D eigenvalue weighted by molar-refractivity contribution is 7.80. The van der Waals surface area contributed by atoms with Gasteiger partial charge in [0.15, 0.2) is 16.6 Å². The Hall–Kier alpha value is -1.82. The van der Waals surface area contributed by atoms with Gasteiger partial charge in [0, 0.05) is 11.6 Å². The Kier molecular flexibility index (Phi) is 6.08. The zero-order chi connectivity index (χ0) is 14.3. The highest BCUT2D eigenvalue weighted by atomic mass is 32.1. The van der Waals surface area contributed by atoms with E-state index in [1.807, 2.05) is 32.0 Å². The van der Waals surface area contributed by atoms with Gasteiger partial charge in [0.25, 0.3) is 0 Å². The minimum absolute atomic E-state index is 0.265. The number of nitrogens with zero attached hydrogens (tertiary/aromatic N) is 1. The van der Waals surface area contributed by atoms with Crippen LogP contribution in [0.1, 0.15) is 19.4 Å². The molecule has 0 aliphatic rings. The molecule has 0 saturated carbocycles. The standard InChI is InChI=1S/C13H19N3O2S/c1-9(2)15-13(19)16-14-8-10-6-5-7-11(17-3)12(10)18-4/h5-9H,1-4H3,(H2,15,16,19)/b14-8+. The number of hydrazone groups is 1. The van der Waals surface area contributed by atoms with Crippen LogP contribution < -0.4 is 20.2 Å². The molecule has 0 radical (unpaired) electrons. The highest BCUT2D eigenvalue weighted by Gasteiger charge is 2.07. The predicted molar refractivity (Wildman–Crippen MR) is 81.1 cm³/mol. The van der Waals surface area contributed by atoms with Crippen LogP contribution >= 0.6 is 12.2 Å². The Balaban J connectivity index is 2.74. The summed E-state index contributed by atoms with van der Waals surface area (Å²) in [4.78, 5) is 0. The maximum atomic E-state index is 5.30. The molecule has 0 saturated heterocycles. The molecule has 0 fully saturated rings. The Bertz CT molecular complexity index is 461. The van der Waals surface area contributed by atoms with Gasteiger partial charge in [0.1, 0.15) is 0 Å². The van der Waals surface area contributed by atoms with Crippen molar-refractivity contribution in [2.45, 2.75) is 19.9 Å². The third-order valence-electron chi connectivity index (χ3n) is 2.22. The van der Waals surface area contributed by atoms with Gasteiger partial charge in [-0.25, -0.2) is 0 Å². The molecule has 0 aromatic heterocycles. The van der Waals surface area contributed by atoms with Crippen molar-refractivity contribution in [1.82, 2.24) is 10.7 Å². The molecule has 1 aromatic carbocycles. The molecule has 6 heteroatoms. The lowest BCUT2D eigenvalue weighted by atomic mass is 10.2. The van der Waals surface area contributed by atoms with Crippen LogP contribution in [0.4, 0.5) is 0 Å². The van der Waals surface area contributed by atoms with E-state index in [-0.39, 0.29) is 6.04 Å². The lowest BCUT2D eigenvalue weighted by Crippen LogP contribution is -2.36. The maximum absolute atomic E-state index is 5.30. The van der Waals surface area contributed by atoms with Crippen molar-refractivity contribution < 1.29 is 9.47 Å². The molecule has 104 valence electrons. The molecule has 1 rings (SSSR count). The Morgan fingerprint density at radius 3 is 2.63 bits per heavy atom. The number of ether oxygens (including phenoxy) is 2. The molecule has 1 aromatic rings.